The van der Waals surface area contributed by atoms with Crippen LogP contribution in [0.25, 0.3) is 0 Å². The van der Waals surface area contributed by atoms with Crippen LogP contribution in [-0.4, -0.2) is 31.7 Å². The zero-order chi connectivity index (χ0) is 18.6. The van der Waals surface area contributed by atoms with Gasteiger partial charge in [-0.1, -0.05) is 33.8 Å². The van der Waals surface area contributed by atoms with Gasteiger partial charge in [0.05, 0.1) is 19.2 Å². The third kappa shape index (κ3) is 4.51. The minimum Gasteiger partial charge on any atom is -0.493 e. The number of ether oxygens (including phenoxy) is 2. The maximum atomic E-state index is 12.4. The Morgan fingerprint density at radius 1 is 1.24 bits per heavy atom. The van der Waals surface area contributed by atoms with Crippen LogP contribution in [0.5, 0.6) is 11.5 Å². The highest BCUT2D eigenvalue weighted by atomic mass is 32.1. The quantitative estimate of drug-likeness (QED) is 0.809. The number of amides is 1. The number of thiazole rings is 1. The molecule has 6 heteroatoms. The highest BCUT2D eigenvalue weighted by Crippen LogP contribution is 2.33. The van der Waals surface area contributed by atoms with E-state index in [2.05, 4.69) is 38.0 Å². The second-order valence-corrected chi connectivity index (χ2v) is 7.75. The zero-order valence-corrected chi connectivity index (χ0v) is 16.5. The van der Waals surface area contributed by atoms with Crippen molar-refractivity contribution in [2.75, 3.05) is 20.8 Å². The number of carbonyl (C=O) groups is 1. The summed E-state index contributed by atoms with van der Waals surface area (Å²) in [4.78, 5) is 16.8. The van der Waals surface area contributed by atoms with Crippen LogP contribution in [0.15, 0.2) is 23.6 Å². The van der Waals surface area contributed by atoms with Gasteiger partial charge in [-0.3, -0.25) is 4.79 Å². The summed E-state index contributed by atoms with van der Waals surface area (Å²) in [5.74, 6) is 1.56. The van der Waals surface area contributed by atoms with Gasteiger partial charge in [0.25, 0.3) is 5.91 Å². The van der Waals surface area contributed by atoms with Crippen molar-refractivity contribution in [3.8, 4) is 11.5 Å². The minimum atomic E-state index is -0.258. The smallest absolute Gasteiger partial charge is 0.270 e. The Labute approximate surface area is 153 Å². The molecule has 1 N–H and O–H groups in total. The van der Waals surface area contributed by atoms with Crippen molar-refractivity contribution in [3.05, 3.63) is 39.8 Å². The second-order valence-electron chi connectivity index (χ2n) is 6.86. The fourth-order valence-electron chi connectivity index (χ4n) is 2.41. The first kappa shape index (κ1) is 19.2. The molecular formula is C19H26N2O3S. The van der Waals surface area contributed by atoms with E-state index in [-0.39, 0.29) is 11.3 Å². The maximum Gasteiger partial charge on any atom is 0.270 e. The summed E-state index contributed by atoms with van der Waals surface area (Å²) < 4.78 is 10.7. The number of hydrogen-bond acceptors (Lipinski definition) is 5. The molecule has 2 rings (SSSR count). The molecule has 5 nitrogen and oxygen atoms in total. The molecule has 136 valence electrons. The van der Waals surface area contributed by atoms with Crippen molar-refractivity contribution in [2.45, 2.75) is 39.0 Å². The van der Waals surface area contributed by atoms with Crippen molar-refractivity contribution in [1.82, 2.24) is 10.3 Å². The van der Waals surface area contributed by atoms with E-state index in [9.17, 15) is 4.79 Å². The first-order valence-corrected chi connectivity index (χ1v) is 9.12. The molecule has 0 spiro atoms. The Balaban J connectivity index is 2.08. The molecule has 25 heavy (non-hydrogen) atoms. The third-order valence-electron chi connectivity index (χ3n) is 4.10. The molecule has 1 aromatic carbocycles. The van der Waals surface area contributed by atoms with Crippen molar-refractivity contribution in [2.24, 2.45) is 0 Å². The van der Waals surface area contributed by atoms with Gasteiger partial charge >= 0.3 is 0 Å². The van der Waals surface area contributed by atoms with E-state index in [0.717, 1.165) is 10.6 Å². The van der Waals surface area contributed by atoms with E-state index in [1.165, 1.54) is 11.3 Å². The minimum absolute atomic E-state index is 0.142. The van der Waals surface area contributed by atoms with Crippen LogP contribution in [0, 0.1) is 0 Å². The van der Waals surface area contributed by atoms with Gasteiger partial charge in [0.15, 0.2) is 11.5 Å². The van der Waals surface area contributed by atoms with E-state index in [1.807, 2.05) is 23.6 Å². The lowest BCUT2D eigenvalue weighted by Crippen LogP contribution is -2.36. The van der Waals surface area contributed by atoms with Gasteiger partial charge in [0.1, 0.15) is 5.69 Å². The lowest BCUT2D eigenvalue weighted by molar-refractivity contribution is 0.0941. The Morgan fingerprint density at radius 3 is 2.48 bits per heavy atom. The van der Waals surface area contributed by atoms with E-state index in [0.29, 0.717) is 29.7 Å². The first-order valence-electron chi connectivity index (χ1n) is 8.24. The maximum absolute atomic E-state index is 12.4. The normalized spacial score (nSPS) is 11.5. The van der Waals surface area contributed by atoms with E-state index in [1.54, 1.807) is 14.2 Å². The standard InChI is InChI=1S/C19H26N2O3S/c1-12(2)18-21-14(10-25-18)17(22)20-11-19(3,4)13-7-8-15(23-5)16(9-13)24-6/h7-10,12H,11H2,1-6H3,(H,20,22). The molecule has 0 radical (unpaired) electrons. The number of rotatable bonds is 7. The summed E-state index contributed by atoms with van der Waals surface area (Å²) in [6, 6.07) is 5.82. The second kappa shape index (κ2) is 7.87. The molecule has 2 aromatic rings. The van der Waals surface area contributed by atoms with Gasteiger partial charge in [-0.25, -0.2) is 4.98 Å². The van der Waals surface area contributed by atoms with Crippen LogP contribution < -0.4 is 14.8 Å². The molecule has 0 aliphatic heterocycles. The first-order chi connectivity index (χ1) is 11.8. The fraction of sp³-hybridized carbons (Fsp3) is 0.474. The molecular weight excluding hydrogens is 336 g/mol. The van der Waals surface area contributed by atoms with Crippen molar-refractivity contribution in [3.63, 3.8) is 0 Å². The van der Waals surface area contributed by atoms with Crippen molar-refractivity contribution >= 4 is 17.2 Å². The van der Waals surface area contributed by atoms with E-state index >= 15 is 0 Å². The fourth-order valence-corrected chi connectivity index (χ4v) is 3.22. The molecule has 0 saturated heterocycles. The summed E-state index contributed by atoms with van der Waals surface area (Å²) in [6.45, 7) is 8.79. The van der Waals surface area contributed by atoms with Gasteiger partial charge in [-0.05, 0) is 17.7 Å². The number of hydrogen-bond donors (Lipinski definition) is 1. The summed E-state index contributed by atoms with van der Waals surface area (Å²) in [5, 5.41) is 5.78. The number of methoxy groups -OCH3 is 2. The Morgan fingerprint density at radius 2 is 1.92 bits per heavy atom. The summed E-state index contributed by atoms with van der Waals surface area (Å²) in [5.41, 5.74) is 1.29. The number of carbonyl (C=O) groups excluding carboxylic acids is 1. The topological polar surface area (TPSA) is 60.5 Å². The van der Waals surface area contributed by atoms with Crippen LogP contribution in [0.1, 0.15) is 54.7 Å². The van der Waals surface area contributed by atoms with Crippen LogP contribution in [0.2, 0.25) is 0 Å². The molecule has 0 bridgehead atoms. The molecule has 0 atom stereocenters. The largest absolute Gasteiger partial charge is 0.493 e. The van der Waals surface area contributed by atoms with Gasteiger partial charge in [-0.15, -0.1) is 11.3 Å². The number of nitrogens with zero attached hydrogens (tertiary/aromatic N) is 1. The highest BCUT2D eigenvalue weighted by molar-refractivity contribution is 7.09. The SMILES string of the molecule is COc1ccc(C(C)(C)CNC(=O)c2csc(C(C)C)n2)cc1OC. The van der Waals surface area contributed by atoms with Crippen molar-refractivity contribution < 1.29 is 14.3 Å². The predicted molar refractivity (Wildman–Crippen MR) is 101 cm³/mol. The summed E-state index contributed by atoms with van der Waals surface area (Å²) in [7, 11) is 3.23. The number of aromatic nitrogens is 1. The molecule has 0 saturated carbocycles. The Kier molecular flexibility index (Phi) is 6.06. The van der Waals surface area contributed by atoms with Gasteiger partial charge in [0.2, 0.25) is 0 Å². The Hall–Kier alpha value is -2.08. The lowest BCUT2D eigenvalue weighted by Gasteiger charge is -2.26. The predicted octanol–water partition coefficient (Wildman–Crippen LogP) is 3.99. The van der Waals surface area contributed by atoms with E-state index < -0.39 is 0 Å². The average Bonchev–Trinajstić information content (AvgIpc) is 3.09. The highest BCUT2D eigenvalue weighted by Gasteiger charge is 2.24. The van der Waals surface area contributed by atoms with Gasteiger partial charge in [0, 0.05) is 23.3 Å². The molecule has 1 aromatic heterocycles. The lowest BCUT2D eigenvalue weighted by atomic mass is 9.84. The molecule has 0 aliphatic rings. The van der Waals surface area contributed by atoms with E-state index in [4.69, 9.17) is 9.47 Å². The average molecular weight is 362 g/mol. The van der Waals surface area contributed by atoms with Crippen LogP contribution >= 0.6 is 11.3 Å². The summed E-state index contributed by atoms with van der Waals surface area (Å²) in [6.07, 6.45) is 0. The number of benzene rings is 1. The van der Waals surface area contributed by atoms with Gasteiger partial charge in [-0.2, -0.15) is 0 Å². The molecule has 1 heterocycles. The summed E-state index contributed by atoms with van der Waals surface area (Å²) >= 11 is 1.52. The molecule has 0 unspecified atom stereocenters. The van der Waals surface area contributed by atoms with Crippen LogP contribution in [-0.2, 0) is 5.41 Å². The zero-order valence-electron chi connectivity index (χ0n) is 15.7. The van der Waals surface area contributed by atoms with Gasteiger partial charge < -0.3 is 14.8 Å². The third-order valence-corrected chi connectivity index (χ3v) is 5.25. The number of nitrogens with one attached hydrogen (secondary N) is 1. The van der Waals surface area contributed by atoms with Crippen LogP contribution in [0.3, 0.4) is 0 Å². The monoisotopic (exact) mass is 362 g/mol. The Bertz CT molecular complexity index is 738. The molecule has 0 aliphatic carbocycles. The van der Waals surface area contributed by atoms with Crippen molar-refractivity contribution in [1.29, 1.82) is 0 Å². The molecule has 0 fully saturated rings. The van der Waals surface area contributed by atoms with Crippen LogP contribution in [0.4, 0.5) is 0 Å². The molecule has 1 amide bonds.